The summed E-state index contributed by atoms with van der Waals surface area (Å²) in [6, 6.07) is 21.8. The highest BCUT2D eigenvalue weighted by Gasteiger charge is 2.07. The van der Waals surface area contributed by atoms with Gasteiger partial charge in [0.2, 0.25) is 0 Å². The van der Waals surface area contributed by atoms with Crippen LogP contribution in [0.3, 0.4) is 0 Å². The number of aromatic nitrogens is 1. The Balaban J connectivity index is 1.40. The number of carbonyl (C=O) groups is 1. The summed E-state index contributed by atoms with van der Waals surface area (Å²) in [5.74, 6) is 0.740. The molecule has 1 heterocycles. The van der Waals surface area contributed by atoms with Gasteiger partial charge in [-0.05, 0) is 54.1 Å². The lowest BCUT2D eigenvalue weighted by Gasteiger charge is -2.07. The van der Waals surface area contributed by atoms with E-state index in [2.05, 4.69) is 21.7 Å². The van der Waals surface area contributed by atoms with Crippen LogP contribution in [0.2, 0.25) is 0 Å². The smallest absolute Gasteiger partial charge is 0.255 e. The van der Waals surface area contributed by atoms with Crippen molar-refractivity contribution in [2.24, 2.45) is 0 Å². The van der Waals surface area contributed by atoms with E-state index in [1.54, 1.807) is 23.1 Å². The van der Waals surface area contributed by atoms with E-state index in [0.29, 0.717) is 5.56 Å². The molecule has 0 saturated carbocycles. The molecule has 4 rings (SSSR count). The lowest BCUT2D eigenvalue weighted by Crippen LogP contribution is -2.11. The second-order valence-electron chi connectivity index (χ2n) is 6.19. The van der Waals surface area contributed by atoms with Gasteiger partial charge in [0, 0.05) is 27.3 Å². The Hall–Kier alpha value is -2.63. The molecule has 0 saturated heterocycles. The van der Waals surface area contributed by atoms with Crippen molar-refractivity contribution in [1.29, 1.82) is 0 Å². The number of hydrogen-bond donors (Lipinski definition) is 1. The van der Waals surface area contributed by atoms with Gasteiger partial charge in [-0.15, -0.1) is 23.1 Å². The number of carbonyl (C=O) groups excluding carboxylic acids is 1. The molecule has 134 valence electrons. The van der Waals surface area contributed by atoms with Crippen LogP contribution in [0, 0.1) is 6.92 Å². The van der Waals surface area contributed by atoms with E-state index in [0.717, 1.165) is 37.8 Å². The second kappa shape index (κ2) is 7.94. The first-order chi connectivity index (χ1) is 13.2. The molecule has 0 spiro atoms. The number of thioether (sulfide) groups is 1. The van der Waals surface area contributed by atoms with Gasteiger partial charge in [-0.25, -0.2) is 4.98 Å². The van der Waals surface area contributed by atoms with E-state index in [1.165, 1.54) is 0 Å². The zero-order valence-electron chi connectivity index (χ0n) is 14.8. The molecule has 0 aliphatic carbocycles. The molecule has 3 aromatic carbocycles. The van der Waals surface area contributed by atoms with Gasteiger partial charge in [-0.1, -0.05) is 30.3 Å². The fourth-order valence-electron chi connectivity index (χ4n) is 2.80. The molecule has 4 aromatic rings. The van der Waals surface area contributed by atoms with Crippen molar-refractivity contribution in [1.82, 2.24) is 4.98 Å². The van der Waals surface area contributed by atoms with Crippen molar-refractivity contribution in [2.45, 2.75) is 17.6 Å². The fraction of sp³-hybridized carbons (Fsp3) is 0.0909. The normalized spacial score (nSPS) is 10.9. The first kappa shape index (κ1) is 17.8. The molecule has 1 amide bonds. The Morgan fingerprint density at radius 1 is 1.04 bits per heavy atom. The van der Waals surface area contributed by atoms with Crippen molar-refractivity contribution >= 4 is 45.5 Å². The van der Waals surface area contributed by atoms with Crippen molar-refractivity contribution in [3.05, 3.63) is 88.4 Å². The first-order valence-corrected chi connectivity index (χ1v) is 10.5. The quantitative estimate of drug-likeness (QED) is 0.416. The van der Waals surface area contributed by atoms with Gasteiger partial charge in [-0.2, -0.15) is 0 Å². The molecule has 0 aliphatic heterocycles. The van der Waals surface area contributed by atoms with Crippen LogP contribution in [0.4, 0.5) is 5.69 Å². The number of rotatable bonds is 5. The minimum Gasteiger partial charge on any atom is -0.322 e. The average Bonchev–Trinajstić information content (AvgIpc) is 3.12. The molecule has 0 aliphatic rings. The van der Waals surface area contributed by atoms with E-state index >= 15 is 0 Å². The maximum atomic E-state index is 12.5. The summed E-state index contributed by atoms with van der Waals surface area (Å²) >= 11 is 3.40. The summed E-state index contributed by atoms with van der Waals surface area (Å²) in [7, 11) is 0. The number of hydrogen-bond acceptors (Lipinski definition) is 4. The predicted octanol–water partition coefficient (Wildman–Crippen LogP) is 6.15. The largest absolute Gasteiger partial charge is 0.322 e. The van der Waals surface area contributed by atoms with E-state index < -0.39 is 0 Å². The van der Waals surface area contributed by atoms with Gasteiger partial charge in [0.05, 0.1) is 10.7 Å². The summed E-state index contributed by atoms with van der Waals surface area (Å²) < 4.78 is 0. The van der Waals surface area contributed by atoms with Crippen LogP contribution in [-0.2, 0) is 5.75 Å². The van der Waals surface area contributed by atoms with E-state index in [1.807, 2.05) is 67.6 Å². The first-order valence-electron chi connectivity index (χ1n) is 8.61. The fourth-order valence-corrected chi connectivity index (χ4v) is 4.31. The molecule has 1 aromatic heterocycles. The third-order valence-electron chi connectivity index (χ3n) is 4.18. The van der Waals surface area contributed by atoms with Gasteiger partial charge in [-0.3, -0.25) is 4.79 Å². The number of fused-ring (bicyclic) bond motifs is 1. The molecule has 0 unspecified atom stereocenters. The average molecular weight is 391 g/mol. The van der Waals surface area contributed by atoms with E-state index in [9.17, 15) is 4.79 Å². The van der Waals surface area contributed by atoms with Crippen molar-refractivity contribution in [2.75, 3.05) is 5.32 Å². The van der Waals surface area contributed by atoms with Gasteiger partial charge in [0.1, 0.15) is 0 Å². The Kier molecular flexibility index (Phi) is 5.23. The maximum absolute atomic E-state index is 12.5. The Morgan fingerprint density at radius 3 is 2.56 bits per heavy atom. The number of thiazole rings is 1. The van der Waals surface area contributed by atoms with E-state index in [-0.39, 0.29) is 5.91 Å². The highest BCUT2D eigenvalue weighted by molar-refractivity contribution is 7.98. The third kappa shape index (κ3) is 4.38. The van der Waals surface area contributed by atoms with Gasteiger partial charge >= 0.3 is 0 Å². The molecular formula is C22H18N2OS2. The maximum Gasteiger partial charge on any atom is 0.255 e. The summed E-state index contributed by atoms with van der Waals surface area (Å²) in [5, 5.41) is 8.43. The molecule has 0 radical (unpaired) electrons. The number of benzene rings is 3. The molecule has 27 heavy (non-hydrogen) atoms. The van der Waals surface area contributed by atoms with Crippen LogP contribution in [0.1, 0.15) is 21.1 Å². The van der Waals surface area contributed by atoms with Crippen LogP contribution in [-0.4, -0.2) is 10.9 Å². The molecule has 1 N–H and O–H groups in total. The van der Waals surface area contributed by atoms with Crippen molar-refractivity contribution < 1.29 is 4.79 Å². The van der Waals surface area contributed by atoms with Crippen molar-refractivity contribution in [3.8, 4) is 0 Å². The molecule has 0 bridgehead atoms. The SMILES string of the molecule is Cc1nc(CSc2ccc(C(=O)Nc3ccc4ccccc4c3)cc2)cs1. The molecular weight excluding hydrogens is 372 g/mol. The lowest BCUT2D eigenvalue weighted by atomic mass is 10.1. The monoisotopic (exact) mass is 390 g/mol. The standard InChI is InChI=1S/C22H18N2OS2/c1-15-23-20(13-26-15)14-27-21-10-7-17(8-11-21)22(25)24-19-9-6-16-4-2-3-5-18(16)12-19/h2-13H,14H2,1H3,(H,24,25). The minimum atomic E-state index is -0.100. The molecule has 0 atom stereocenters. The van der Waals surface area contributed by atoms with Gasteiger partial charge in [0.25, 0.3) is 5.91 Å². The summed E-state index contributed by atoms with van der Waals surface area (Å²) in [4.78, 5) is 18.1. The predicted molar refractivity (Wildman–Crippen MR) is 115 cm³/mol. The number of nitrogens with one attached hydrogen (secondary N) is 1. The summed E-state index contributed by atoms with van der Waals surface area (Å²) in [6.45, 7) is 2.02. The number of anilines is 1. The van der Waals surface area contributed by atoms with Crippen LogP contribution in [0.25, 0.3) is 10.8 Å². The van der Waals surface area contributed by atoms with E-state index in [4.69, 9.17) is 0 Å². The van der Waals surface area contributed by atoms with Gasteiger partial charge in [0.15, 0.2) is 0 Å². The lowest BCUT2D eigenvalue weighted by molar-refractivity contribution is 0.102. The zero-order chi connectivity index (χ0) is 18.6. The second-order valence-corrected chi connectivity index (χ2v) is 8.30. The van der Waals surface area contributed by atoms with Crippen molar-refractivity contribution in [3.63, 3.8) is 0 Å². The highest BCUT2D eigenvalue weighted by atomic mass is 32.2. The summed E-state index contributed by atoms with van der Waals surface area (Å²) in [5.41, 5.74) is 2.55. The topological polar surface area (TPSA) is 42.0 Å². The zero-order valence-corrected chi connectivity index (χ0v) is 16.4. The van der Waals surface area contributed by atoms with Crippen LogP contribution < -0.4 is 5.32 Å². The Labute approximate surface area is 166 Å². The third-order valence-corrected chi connectivity index (χ3v) is 6.05. The number of aryl methyl sites for hydroxylation is 1. The molecule has 5 heteroatoms. The van der Waals surface area contributed by atoms with Gasteiger partial charge < -0.3 is 5.32 Å². The Bertz CT molecular complexity index is 1090. The number of nitrogens with zero attached hydrogens (tertiary/aromatic N) is 1. The minimum absolute atomic E-state index is 0.100. The highest BCUT2D eigenvalue weighted by Crippen LogP contribution is 2.24. The van der Waals surface area contributed by atoms with Crippen LogP contribution in [0.5, 0.6) is 0 Å². The molecule has 0 fully saturated rings. The van der Waals surface area contributed by atoms with Crippen LogP contribution in [0.15, 0.2) is 77.0 Å². The Morgan fingerprint density at radius 2 is 1.81 bits per heavy atom. The number of amides is 1. The summed E-state index contributed by atoms with van der Waals surface area (Å²) in [6.07, 6.45) is 0. The van der Waals surface area contributed by atoms with Crippen LogP contribution >= 0.6 is 23.1 Å². The molecule has 3 nitrogen and oxygen atoms in total.